The molecule has 0 spiro atoms. The van der Waals surface area contributed by atoms with Crippen molar-refractivity contribution in [2.24, 2.45) is 0 Å². The minimum atomic E-state index is -4.52. The molecule has 1 amide bonds. The van der Waals surface area contributed by atoms with Crippen LogP contribution in [0, 0.1) is 17.1 Å². The van der Waals surface area contributed by atoms with Crippen molar-refractivity contribution in [3.63, 3.8) is 0 Å². The van der Waals surface area contributed by atoms with Gasteiger partial charge in [0.2, 0.25) is 11.8 Å². The molecule has 5 rings (SSSR count). The van der Waals surface area contributed by atoms with E-state index in [2.05, 4.69) is 15.2 Å². The van der Waals surface area contributed by atoms with E-state index in [1.807, 2.05) is 6.07 Å². The van der Waals surface area contributed by atoms with Gasteiger partial charge in [0.05, 0.1) is 35.1 Å². The summed E-state index contributed by atoms with van der Waals surface area (Å²) < 4.78 is 89.4. The van der Waals surface area contributed by atoms with Crippen LogP contribution in [-0.4, -0.2) is 21.1 Å². The summed E-state index contributed by atoms with van der Waals surface area (Å²) in [5.74, 6) is -5.66. The third kappa shape index (κ3) is 5.44. The van der Waals surface area contributed by atoms with Crippen molar-refractivity contribution < 1.29 is 35.6 Å². The van der Waals surface area contributed by atoms with Crippen LogP contribution in [0.1, 0.15) is 49.3 Å². The molecule has 1 aliphatic heterocycles. The van der Waals surface area contributed by atoms with Crippen molar-refractivity contribution in [3.8, 4) is 28.8 Å². The molecule has 0 fully saturated rings. The Morgan fingerprint density at radius 3 is 2.40 bits per heavy atom. The number of hydrogen-bond acceptors (Lipinski definition) is 6. The second kappa shape index (κ2) is 10.3. The van der Waals surface area contributed by atoms with Crippen LogP contribution in [0.25, 0.3) is 22.7 Å². The van der Waals surface area contributed by atoms with Crippen LogP contribution in [0.5, 0.6) is 0 Å². The fourth-order valence-corrected chi connectivity index (χ4v) is 4.41. The largest absolute Gasteiger partial charge is 0.419 e. The Hall–Kier alpha value is -4.73. The summed E-state index contributed by atoms with van der Waals surface area (Å²) in [6.45, 7) is 2.86. The Balaban J connectivity index is 1.50. The van der Waals surface area contributed by atoms with E-state index in [-0.39, 0.29) is 35.3 Å². The van der Waals surface area contributed by atoms with Crippen molar-refractivity contribution in [2.75, 3.05) is 4.90 Å². The third-order valence-electron chi connectivity index (χ3n) is 6.87. The van der Waals surface area contributed by atoms with Crippen molar-refractivity contribution in [1.29, 1.82) is 5.26 Å². The fourth-order valence-electron chi connectivity index (χ4n) is 4.41. The number of fused-ring (bicyclic) bond motifs is 1. The Morgan fingerprint density at radius 1 is 1.07 bits per heavy atom. The van der Waals surface area contributed by atoms with E-state index in [1.165, 1.54) is 19.9 Å². The lowest BCUT2D eigenvalue weighted by molar-refractivity contribution is -0.137. The lowest BCUT2D eigenvalue weighted by Crippen LogP contribution is -2.29. The van der Waals surface area contributed by atoms with Gasteiger partial charge in [-0.2, -0.15) is 18.4 Å². The highest BCUT2D eigenvalue weighted by Crippen LogP contribution is 2.45. The van der Waals surface area contributed by atoms with Crippen LogP contribution in [0.2, 0.25) is 0 Å². The highest BCUT2D eigenvalue weighted by molar-refractivity contribution is 5.96. The molecule has 0 bridgehead atoms. The SMILES string of the molecule is CC(C)(C#N)c1nnc(-c2cc3c(cc2F)C(F)(F)CCC(=O)N3Cc2ccc(-c3ccc(C(F)(F)F)cn3)cc2)o1. The number of nitrogens with zero attached hydrogens (tertiary/aromatic N) is 5. The average Bonchev–Trinajstić information content (AvgIpc) is 3.43. The summed E-state index contributed by atoms with van der Waals surface area (Å²) in [6.07, 6.45) is -5.13. The maximum atomic E-state index is 15.2. The minimum absolute atomic E-state index is 0.102. The zero-order valence-electron chi connectivity index (χ0n) is 22.1. The first-order chi connectivity index (χ1) is 19.7. The Bertz CT molecular complexity index is 1690. The monoisotopic (exact) mass is 585 g/mol. The number of rotatable bonds is 5. The molecule has 3 heterocycles. The number of anilines is 1. The molecule has 42 heavy (non-hydrogen) atoms. The summed E-state index contributed by atoms with van der Waals surface area (Å²) >= 11 is 0. The summed E-state index contributed by atoms with van der Waals surface area (Å²) in [6, 6.07) is 12.1. The molecule has 7 nitrogen and oxygen atoms in total. The summed E-state index contributed by atoms with van der Waals surface area (Å²) in [4.78, 5) is 18.1. The highest BCUT2D eigenvalue weighted by atomic mass is 19.4. The first kappa shape index (κ1) is 28.8. The molecule has 0 atom stereocenters. The molecule has 0 N–H and O–H groups in total. The fraction of sp³-hybridized carbons (Fsp3) is 0.276. The van der Waals surface area contributed by atoms with Gasteiger partial charge in [-0.25, -0.2) is 13.2 Å². The van der Waals surface area contributed by atoms with Gasteiger partial charge < -0.3 is 9.32 Å². The molecule has 0 saturated carbocycles. The second-order valence-electron chi connectivity index (χ2n) is 10.3. The van der Waals surface area contributed by atoms with Crippen LogP contribution in [0.4, 0.5) is 32.0 Å². The smallest absolute Gasteiger partial charge is 0.417 e. The summed E-state index contributed by atoms with van der Waals surface area (Å²) in [5, 5.41) is 16.9. The van der Waals surface area contributed by atoms with Gasteiger partial charge in [0.15, 0.2) is 0 Å². The maximum absolute atomic E-state index is 15.2. The zero-order chi connectivity index (χ0) is 30.4. The molecule has 216 valence electrons. The minimum Gasteiger partial charge on any atom is -0.419 e. The molecule has 0 unspecified atom stereocenters. The van der Waals surface area contributed by atoms with Gasteiger partial charge in [0.1, 0.15) is 11.2 Å². The topological polar surface area (TPSA) is 95.9 Å². The van der Waals surface area contributed by atoms with Gasteiger partial charge in [0.25, 0.3) is 11.8 Å². The summed E-state index contributed by atoms with van der Waals surface area (Å²) in [7, 11) is 0. The molecule has 2 aromatic carbocycles. The van der Waals surface area contributed by atoms with Gasteiger partial charge in [-0.05, 0) is 43.7 Å². The van der Waals surface area contributed by atoms with Crippen molar-refractivity contribution >= 4 is 11.6 Å². The number of nitriles is 1. The van der Waals surface area contributed by atoms with Crippen molar-refractivity contribution in [1.82, 2.24) is 15.2 Å². The van der Waals surface area contributed by atoms with Crippen LogP contribution in [0.3, 0.4) is 0 Å². The van der Waals surface area contributed by atoms with E-state index in [1.54, 1.807) is 24.3 Å². The number of carbonyl (C=O) groups excluding carboxylic acids is 1. The van der Waals surface area contributed by atoms with E-state index in [0.29, 0.717) is 17.2 Å². The van der Waals surface area contributed by atoms with Crippen LogP contribution in [-0.2, 0) is 28.9 Å². The molecule has 0 aliphatic carbocycles. The van der Waals surface area contributed by atoms with Crippen molar-refractivity contribution in [2.45, 2.75) is 50.7 Å². The molecule has 13 heteroatoms. The summed E-state index contributed by atoms with van der Waals surface area (Å²) in [5.41, 5.74) is -2.03. The van der Waals surface area contributed by atoms with Gasteiger partial charge in [-0.15, -0.1) is 10.2 Å². The maximum Gasteiger partial charge on any atom is 0.417 e. The average molecular weight is 586 g/mol. The predicted molar refractivity (Wildman–Crippen MR) is 137 cm³/mol. The molecular formula is C29H21F6N5O2. The van der Waals surface area contributed by atoms with E-state index >= 15 is 13.2 Å². The Kier molecular flexibility index (Phi) is 7.04. The number of carbonyl (C=O) groups is 1. The third-order valence-corrected chi connectivity index (χ3v) is 6.87. The number of hydrogen-bond donors (Lipinski definition) is 0. The van der Waals surface area contributed by atoms with Gasteiger partial charge >= 0.3 is 6.18 Å². The molecule has 4 aromatic rings. The number of aromatic nitrogens is 3. The first-order valence-corrected chi connectivity index (χ1v) is 12.6. The molecule has 1 aliphatic rings. The van der Waals surface area contributed by atoms with Gasteiger partial charge in [-0.1, -0.05) is 24.3 Å². The second-order valence-corrected chi connectivity index (χ2v) is 10.3. The number of alkyl halides is 5. The Morgan fingerprint density at radius 2 is 1.79 bits per heavy atom. The van der Waals surface area contributed by atoms with Crippen LogP contribution < -0.4 is 4.90 Å². The number of amides is 1. The molecule has 2 aromatic heterocycles. The predicted octanol–water partition coefficient (Wildman–Crippen LogP) is 7.18. The standard InChI is InChI=1S/C29H21F6N5O2/c1-27(2,15-36)26-39-38-25(42-26)19-11-23-20(12-21(19)30)28(31,32)10-9-24(41)40(23)14-16-3-5-17(6-4-16)22-8-7-18(13-37-22)29(33,34)35/h3-8,11-13H,9-10,14H2,1-2H3. The van der Waals surface area contributed by atoms with E-state index < -0.39 is 53.2 Å². The zero-order valence-corrected chi connectivity index (χ0v) is 22.1. The normalized spacial score (nSPS) is 15.2. The first-order valence-electron chi connectivity index (χ1n) is 12.6. The number of halogens is 6. The Labute approximate surface area is 235 Å². The lowest BCUT2D eigenvalue weighted by Gasteiger charge is -2.25. The van der Waals surface area contributed by atoms with Crippen LogP contribution >= 0.6 is 0 Å². The number of benzene rings is 2. The van der Waals surface area contributed by atoms with E-state index in [9.17, 15) is 23.2 Å². The molecular weight excluding hydrogens is 564 g/mol. The lowest BCUT2D eigenvalue weighted by atomic mass is 9.96. The molecule has 0 saturated heterocycles. The number of pyridine rings is 1. The van der Waals surface area contributed by atoms with Gasteiger partial charge in [0, 0.05) is 30.2 Å². The van der Waals surface area contributed by atoms with E-state index in [0.717, 1.165) is 23.2 Å². The van der Waals surface area contributed by atoms with Crippen molar-refractivity contribution in [3.05, 3.63) is 83.1 Å². The highest BCUT2D eigenvalue weighted by Gasteiger charge is 2.41. The van der Waals surface area contributed by atoms with E-state index in [4.69, 9.17) is 4.42 Å². The van der Waals surface area contributed by atoms with Crippen LogP contribution in [0.15, 0.2) is 59.1 Å². The quantitative estimate of drug-likeness (QED) is 0.230. The van der Waals surface area contributed by atoms with Gasteiger partial charge in [-0.3, -0.25) is 9.78 Å². The molecule has 0 radical (unpaired) electrons.